The van der Waals surface area contributed by atoms with E-state index in [0.717, 1.165) is 25.7 Å². The van der Waals surface area contributed by atoms with Crippen LogP contribution in [0.5, 0.6) is 0 Å². The predicted octanol–water partition coefficient (Wildman–Crippen LogP) is 2.07. The summed E-state index contributed by atoms with van der Waals surface area (Å²) in [5, 5.41) is 0. The van der Waals surface area contributed by atoms with Crippen LogP contribution in [0.2, 0.25) is 0 Å². The van der Waals surface area contributed by atoms with Crippen molar-refractivity contribution < 1.29 is 4.74 Å². The molecule has 0 aliphatic carbocycles. The molecule has 1 aromatic carbocycles. The number of guanidine groups is 1. The number of hydrogen-bond donors (Lipinski definition) is 0. The molecule has 1 atom stereocenters. The van der Waals surface area contributed by atoms with E-state index in [2.05, 4.69) is 39.1 Å². The quantitative estimate of drug-likeness (QED) is 0.622. The van der Waals surface area contributed by atoms with Gasteiger partial charge in [-0.15, -0.1) is 0 Å². The van der Waals surface area contributed by atoms with Gasteiger partial charge in [-0.1, -0.05) is 30.3 Å². The molecule has 20 heavy (non-hydrogen) atoms. The summed E-state index contributed by atoms with van der Waals surface area (Å²) in [7, 11) is 5.94. The summed E-state index contributed by atoms with van der Waals surface area (Å²) >= 11 is 0. The second-order valence-corrected chi connectivity index (χ2v) is 5.52. The predicted molar refractivity (Wildman–Crippen MR) is 82.8 cm³/mol. The molecule has 0 radical (unpaired) electrons. The Kier molecular flexibility index (Phi) is 5.41. The summed E-state index contributed by atoms with van der Waals surface area (Å²) in [6.07, 6.45) is 1.18. The maximum Gasteiger partial charge on any atom is 0.195 e. The zero-order chi connectivity index (χ0) is 14.4. The summed E-state index contributed by atoms with van der Waals surface area (Å²) in [5.74, 6) is 1.67. The van der Waals surface area contributed by atoms with Gasteiger partial charge >= 0.3 is 0 Å². The van der Waals surface area contributed by atoms with E-state index in [1.807, 2.05) is 27.2 Å². The van der Waals surface area contributed by atoms with Crippen molar-refractivity contribution in [3.05, 3.63) is 35.9 Å². The van der Waals surface area contributed by atoms with Crippen molar-refractivity contribution in [2.75, 3.05) is 40.8 Å². The summed E-state index contributed by atoms with van der Waals surface area (Å²) < 4.78 is 5.85. The molecule has 1 aliphatic rings. The zero-order valence-corrected chi connectivity index (χ0v) is 12.7. The Labute approximate surface area is 122 Å². The first-order chi connectivity index (χ1) is 9.70. The van der Waals surface area contributed by atoms with Crippen LogP contribution in [-0.4, -0.2) is 56.6 Å². The highest BCUT2D eigenvalue weighted by atomic mass is 16.5. The third-order valence-corrected chi connectivity index (χ3v) is 3.63. The number of hydrogen-bond acceptors (Lipinski definition) is 2. The Bertz CT molecular complexity index is 431. The number of rotatable bonds is 4. The van der Waals surface area contributed by atoms with Gasteiger partial charge in [0, 0.05) is 40.2 Å². The van der Waals surface area contributed by atoms with E-state index in [9.17, 15) is 0 Å². The summed E-state index contributed by atoms with van der Waals surface area (Å²) in [6.45, 7) is 3.65. The summed E-state index contributed by atoms with van der Waals surface area (Å²) in [6, 6.07) is 10.4. The average Bonchev–Trinajstić information content (AvgIpc) is 2.89. The summed E-state index contributed by atoms with van der Waals surface area (Å²) in [5.41, 5.74) is 1.24. The first-order valence-electron chi connectivity index (χ1n) is 7.21. The fourth-order valence-electron chi connectivity index (χ4n) is 2.69. The topological polar surface area (TPSA) is 28.1 Å². The minimum atomic E-state index is 0.607. The molecule has 0 aromatic heterocycles. The first-order valence-corrected chi connectivity index (χ1v) is 7.21. The second kappa shape index (κ2) is 7.29. The Balaban J connectivity index is 1.74. The summed E-state index contributed by atoms with van der Waals surface area (Å²) in [4.78, 5) is 8.78. The van der Waals surface area contributed by atoms with Crippen LogP contribution in [0, 0.1) is 5.92 Å². The van der Waals surface area contributed by atoms with Crippen LogP contribution >= 0.6 is 0 Å². The molecule has 1 fully saturated rings. The minimum Gasteiger partial charge on any atom is -0.376 e. The Morgan fingerprint density at radius 2 is 2.10 bits per heavy atom. The van der Waals surface area contributed by atoms with Gasteiger partial charge in [0.1, 0.15) is 0 Å². The van der Waals surface area contributed by atoms with Crippen molar-refractivity contribution in [1.29, 1.82) is 0 Å². The third kappa shape index (κ3) is 3.97. The van der Waals surface area contributed by atoms with E-state index in [1.54, 1.807) is 0 Å². The Morgan fingerprint density at radius 3 is 2.75 bits per heavy atom. The van der Waals surface area contributed by atoms with Crippen LogP contribution in [0.4, 0.5) is 0 Å². The standard InChI is InChI=1S/C16H25N3O/c1-17-16(18(2)3)19-10-9-15(11-19)13-20-12-14-7-5-4-6-8-14/h4-8,15H,9-13H2,1-3H3. The van der Waals surface area contributed by atoms with Crippen molar-refractivity contribution in [2.45, 2.75) is 13.0 Å². The molecule has 4 nitrogen and oxygen atoms in total. The van der Waals surface area contributed by atoms with Crippen LogP contribution < -0.4 is 0 Å². The van der Waals surface area contributed by atoms with Gasteiger partial charge in [-0.25, -0.2) is 0 Å². The monoisotopic (exact) mass is 275 g/mol. The molecule has 0 spiro atoms. The molecule has 1 heterocycles. The molecular weight excluding hydrogens is 250 g/mol. The zero-order valence-electron chi connectivity index (χ0n) is 12.7. The van der Waals surface area contributed by atoms with Crippen molar-refractivity contribution in [3.63, 3.8) is 0 Å². The molecule has 0 N–H and O–H groups in total. The van der Waals surface area contributed by atoms with Crippen LogP contribution in [0.1, 0.15) is 12.0 Å². The van der Waals surface area contributed by atoms with E-state index in [4.69, 9.17) is 4.74 Å². The highest BCUT2D eigenvalue weighted by Crippen LogP contribution is 2.18. The van der Waals surface area contributed by atoms with E-state index in [-0.39, 0.29) is 0 Å². The van der Waals surface area contributed by atoms with Crippen molar-refractivity contribution in [3.8, 4) is 0 Å². The SMILES string of the molecule is CN=C(N(C)C)N1CCC(COCc2ccccc2)C1. The molecule has 0 bridgehead atoms. The number of likely N-dealkylation sites (tertiary alicyclic amines) is 1. The van der Waals surface area contributed by atoms with Gasteiger partial charge in [-0.2, -0.15) is 0 Å². The number of ether oxygens (including phenoxy) is 1. The smallest absolute Gasteiger partial charge is 0.195 e. The minimum absolute atomic E-state index is 0.607. The number of aliphatic imine (C=N–C) groups is 1. The second-order valence-electron chi connectivity index (χ2n) is 5.52. The molecular formula is C16H25N3O. The first kappa shape index (κ1) is 14.9. The molecule has 1 aliphatic heterocycles. The number of nitrogens with zero attached hydrogens (tertiary/aromatic N) is 3. The van der Waals surface area contributed by atoms with Gasteiger partial charge in [-0.3, -0.25) is 4.99 Å². The lowest BCUT2D eigenvalue weighted by atomic mass is 10.1. The van der Waals surface area contributed by atoms with Gasteiger partial charge in [0.25, 0.3) is 0 Å². The maximum atomic E-state index is 5.85. The van der Waals surface area contributed by atoms with E-state index in [0.29, 0.717) is 12.5 Å². The molecule has 1 unspecified atom stereocenters. The van der Waals surface area contributed by atoms with E-state index in [1.165, 1.54) is 12.0 Å². The van der Waals surface area contributed by atoms with Crippen molar-refractivity contribution >= 4 is 5.96 Å². The third-order valence-electron chi connectivity index (χ3n) is 3.63. The molecule has 0 saturated carbocycles. The van der Waals surface area contributed by atoms with Gasteiger partial charge in [0.2, 0.25) is 0 Å². The van der Waals surface area contributed by atoms with Crippen LogP contribution in [0.15, 0.2) is 35.3 Å². The molecule has 1 aromatic rings. The molecule has 0 amide bonds. The molecule has 2 rings (SSSR count). The van der Waals surface area contributed by atoms with Gasteiger partial charge in [0.05, 0.1) is 13.2 Å². The maximum absolute atomic E-state index is 5.85. The Morgan fingerprint density at radius 1 is 1.35 bits per heavy atom. The van der Waals surface area contributed by atoms with Crippen molar-refractivity contribution in [2.24, 2.45) is 10.9 Å². The molecule has 4 heteroatoms. The van der Waals surface area contributed by atoms with Crippen molar-refractivity contribution in [1.82, 2.24) is 9.80 Å². The fraction of sp³-hybridized carbons (Fsp3) is 0.562. The molecule has 110 valence electrons. The lowest BCUT2D eigenvalue weighted by molar-refractivity contribution is 0.0905. The van der Waals surface area contributed by atoms with Gasteiger partial charge in [-0.05, 0) is 12.0 Å². The van der Waals surface area contributed by atoms with Gasteiger partial charge in [0.15, 0.2) is 5.96 Å². The average molecular weight is 275 g/mol. The van der Waals surface area contributed by atoms with Crippen LogP contribution in [0.25, 0.3) is 0 Å². The highest BCUT2D eigenvalue weighted by molar-refractivity contribution is 5.79. The fourth-order valence-corrected chi connectivity index (χ4v) is 2.69. The van der Waals surface area contributed by atoms with Gasteiger partial charge < -0.3 is 14.5 Å². The largest absolute Gasteiger partial charge is 0.376 e. The van der Waals surface area contributed by atoms with Crippen LogP contribution in [-0.2, 0) is 11.3 Å². The van der Waals surface area contributed by atoms with E-state index < -0.39 is 0 Å². The number of benzene rings is 1. The normalized spacial score (nSPS) is 19.4. The highest BCUT2D eigenvalue weighted by Gasteiger charge is 2.25. The van der Waals surface area contributed by atoms with Crippen LogP contribution in [0.3, 0.4) is 0 Å². The Hall–Kier alpha value is -1.55. The lowest BCUT2D eigenvalue weighted by Crippen LogP contribution is -2.39. The molecule has 1 saturated heterocycles. The van der Waals surface area contributed by atoms with E-state index >= 15 is 0 Å². The lowest BCUT2D eigenvalue weighted by Gasteiger charge is -2.25.